The first-order chi connectivity index (χ1) is 14.5. The number of hydrogen-bond donors (Lipinski definition) is 1. The van der Waals surface area contributed by atoms with Gasteiger partial charge in [0.2, 0.25) is 5.89 Å². The minimum Gasteiger partial charge on any atom is -0.493 e. The second kappa shape index (κ2) is 8.32. The number of carbonyl (C=O) groups excluding carboxylic acids is 1. The first-order valence-corrected chi connectivity index (χ1v) is 10.5. The number of aryl methyl sites for hydroxylation is 1. The van der Waals surface area contributed by atoms with E-state index in [0.717, 1.165) is 32.3 Å². The maximum Gasteiger partial charge on any atom is 0.255 e. The van der Waals surface area contributed by atoms with E-state index in [9.17, 15) is 4.79 Å². The monoisotopic (exact) mass is 464 g/mol. The third-order valence-corrected chi connectivity index (χ3v) is 5.47. The SMILES string of the molecule is CCOc1ccc(C(=O)Nc2cccc(-c3nc4cc(C)ccc4o3)c2C)cc1Br. The Hall–Kier alpha value is -3.12. The minimum absolute atomic E-state index is 0.202. The molecule has 1 heterocycles. The normalized spacial score (nSPS) is 10.9. The second-order valence-corrected chi connectivity index (χ2v) is 7.86. The fourth-order valence-electron chi connectivity index (χ4n) is 3.26. The molecule has 1 N–H and O–H groups in total. The Labute approximate surface area is 183 Å². The van der Waals surface area contributed by atoms with Gasteiger partial charge in [-0.2, -0.15) is 0 Å². The van der Waals surface area contributed by atoms with Crippen LogP contribution in [-0.2, 0) is 0 Å². The number of ether oxygens (including phenoxy) is 1. The van der Waals surface area contributed by atoms with E-state index in [0.29, 0.717) is 29.5 Å². The molecular formula is C24H21BrN2O3. The molecular weight excluding hydrogens is 444 g/mol. The van der Waals surface area contributed by atoms with Crippen LogP contribution in [0, 0.1) is 13.8 Å². The van der Waals surface area contributed by atoms with E-state index in [1.165, 1.54) is 0 Å². The Balaban J connectivity index is 1.62. The fourth-order valence-corrected chi connectivity index (χ4v) is 3.76. The molecule has 3 aromatic carbocycles. The zero-order valence-corrected chi connectivity index (χ0v) is 18.5. The molecule has 0 bridgehead atoms. The molecule has 5 nitrogen and oxygen atoms in total. The summed E-state index contributed by atoms with van der Waals surface area (Å²) in [5, 5.41) is 2.99. The van der Waals surface area contributed by atoms with E-state index in [1.54, 1.807) is 18.2 Å². The summed E-state index contributed by atoms with van der Waals surface area (Å²) in [5.74, 6) is 1.04. The summed E-state index contributed by atoms with van der Waals surface area (Å²) in [6, 6.07) is 16.9. The van der Waals surface area contributed by atoms with Crippen molar-refractivity contribution >= 4 is 38.6 Å². The van der Waals surface area contributed by atoms with Crippen LogP contribution in [0.4, 0.5) is 5.69 Å². The molecule has 0 fully saturated rings. The van der Waals surface area contributed by atoms with Gasteiger partial charge < -0.3 is 14.5 Å². The predicted octanol–water partition coefficient (Wildman–Crippen LogP) is 6.53. The average molecular weight is 465 g/mol. The van der Waals surface area contributed by atoms with Crippen LogP contribution in [0.3, 0.4) is 0 Å². The molecule has 1 amide bonds. The van der Waals surface area contributed by atoms with Crippen LogP contribution in [0.15, 0.2) is 63.5 Å². The first kappa shape index (κ1) is 20.2. The number of fused-ring (bicyclic) bond motifs is 1. The number of oxazole rings is 1. The van der Waals surface area contributed by atoms with Crippen LogP contribution in [-0.4, -0.2) is 17.5 Å². The van der Waals surface area contributed by atoms with Crippen molar-refractivity contribution in [1.29, 1.82) is 0 Å². The number of nitrogens with zero attached hydrogens (tertiary/aromatic N) is 1. The van der Waals surface area contributed by atoms with Gasteiger partial charge >= 0.3 is 0 Å². The molecule has 0 saturated carbocycles. The van der Waals surface area contributed by atoms with Crippen molar-refractivity contribution in [2.24, 2.45) is 0 Å². The summed E-state index contributed by atoms with van der Waals surface area (Å²) in [6.07, 6.45) is 0. The summed E-state index contributed by atoms with van der Waals surface area (Å²) >= 11 is 3.45. The quantitative estimate of drug-likeness (QED) is 0.364. The molecule has 0 atom stereocenters. The molecule has 0 unspecified atom stereocenters. The van der Waals surface area contributed by atoms with Gasteiger partial charge in [0, 0.05) is 16.8 Å². The Kier molecular flexibility index (Phi) is 5.59. The average Bonchev–Trinajstić information content (AvgIpc) is 3.14. The summed E-state index contributed by atoms with van der Waals surface area (Å²) in [4.78, 5) is 17.4. The van der Waals surface area contributed by atoms with Crippen LogP contribution in [0.2, 0.25) is 0 Å². The summed E-state index contributed by atoms with van der Waals surface area (Å²) in [6.45, 7) is 6.44. The smallest absolute Gasteiger partial charge is 0.255 e. The number of hydrogen-bond acceptors (Lipinski definition) is 4. The Morgan fingerprint density at radius 2 is 1.97 bits per heavy atom. The molecule has 6 heteroatoms. The van der Waals surface area contributed by atoms with Gasteiger partial charge in [0.15, 0.2) is 5.58 Å². The van der Waals surface area contributed by atoms with Crippen molar-refractivity contribution in [2.75, 3.05) is 11.9 Å². The molecule has 0 aliphatic heterocycles. The van der Waals surface area contributed by atoms with E-state index in [1.807, 2.05) is 57.2 Å². The highest BCUT2D eigenvalue weighted by Crippen LogP contribution is 2.31. The highest BCUT2D eigenvalue weighted by Gasteiger charge is 2.15. The van der Waals surface area contributed by atoms with Crippen molar-refractivity contribution in [3.8, 4) is 17.2 Å². The summed E-state index contributed by atoms with van der Waals surface area (Å²) in [5.41, 5.74) is 5.66. The van der Waals surface area contributed by atoms with Crippen molar-refractivity contribution in [3.63, 3.8) is 0 Å². The fraction of sp³-hybridized carbons (Fsp3) is 0.167. The number of anilines is 1. The van der Waals surface area contributed by atoms with Gasteiger partial charge in [0.25, 0.3) is 5.91 Å². The topological polar surface area (TPSA) is 64.4 Å². The minimum atomic E-state index is -0.202. The van der Waals surface area contributed by atoms with Crippen molar-refractivity contribution in [2.45, 2.75) is 20.8 Å². The Morgan fingerprint density at radius 3 is 2.73 bits per heavy atom. The van der Waals surface area contributed by atoms with Crippen molar-refractivity contribution in [3.05, 3.63) is 75.8 Å². The third-order valence-electron chi connectivity index (χ3n) is 4.85. The lowest BCUT2D eigenvalue weighted by atomic mass is 10.1. The molecule has 30 heavy (non-hydrogen) atoms. The van der Waals surface area contributed by atoms with E-state index in [2.05, 4.69) is 26.2 Å². The zero-order chi connectivity index (χ0) is 21.3. The van der Waals surface area contributed by atoms with Crippen LogP contribution in [0.1, 0.15) is 28.4 Å². The molecule has 0 radical (unpaired) electrons. The number of amides is 1. The maximum atomic E-state index is 12.8. The highest BCUT2D eigenvalue weighted by molar-refractivity contribution is 9.10. The number of benzene rings is 3. The molecule has 0 saturated heterocycles. The number of carbonyl (C=O) groups is 1. The third kappa shape index (κ3) is 3.96. The molecule has 0 aliphatic carbocycles. The molecule has 0 spiro atoms. The predicted molar refractivity (Wildman–Crippen MR) is 122 cm³/mol. The van der Waals surface area contributed by atoms with E-state index in [-0.39, 0.29) is 5.91 Å². The molecule has 0 aliphatic rings. The van der Waals surface area contributed by atoms with Crippen molar-refractivity contribution < 1.29 is 13.9 Å². The summed E-state index contributed by atoms with van der Waals surface area (Å²) < 4.78 is 12.2. The van der Waals surface area contributed by atoms with Gasteiger partial charge in [0.1, 0.15) is 11.3 Å². The summed E-state index contributed by atoms with van der Waals surface area (Å²) in [7, 11) is 0. The van der Waals surface area contributed by atoms with E-state index >= 15 is 0 Å². The second-order valence-electron chi connectivity index (χ2n) is 7.00. The molecule has 4 aromatic rings. The largest absolute Gasteiger partial charge is 0.493 e. The van der Waals surface area contributed by atoms with Crippen LogP contribution in [0.5, 0.6) is 5.75 Å². The zero-order valence-electron chi connectivity index (χ0n) is 17.0. The van der Waals surface area contributed by atoms with E-state index < -0.39 is 0 Å². The van der Waals surface area contributed by atoms with Gasteiger partial charge in [-0.25, -0.2) is 4.98 Å². The number of rotatable bonds is 5. The Morgan fingerprint density at radius 1 is 1.13 bits per heavy atom. The van der Waals surface area contributed by atoms with Gasteiger partial charge in [-0.1, -0.05) is 12.1 Å². The van der Waals surface area contributed by atoms with Gasteiger partial charge in [0.05, 0.1) is 11.1 Å². The van der Waals surface area contributed by atoms with Crippen molar-refractivity contribution in [1.82, 2.24) is 4.98 Å². The lowest BCUT2D eigenvalue weighted by Gasteiger charge is -2.12. The molecule has 152 valence electrons. The molecule has 1 aromatic heterocycles. The van der Waals surface area contributed by atoms with Crippen LogP contribution in [0.25, 0.3) is 22.6 Å². The van der Waals surface area contributed by atoms with Crippen LogP contribution < -0.4 is 10.1 Å². The lowest BCUT2D eigenvalue weighted by molar-refractivity contribution is 0.102. The van der Waals surface area contributed by atoms with Gasteiger partial charge in [-0.15, -0.1) is 0 Å². The lowest BCUT2D eigenvalue weighted by Crippen LogP contribution is -2.13. The number of halogens is 1. The van der Waals surface area contributed by atoms with Gasteiger partial charge in [-0.05, 0) is 90.3 Å². The first-order valence-electron chi connectivity index (χ1n) is 9.67. The van der Waals surface area contributed by atoms with Crippen LogP contribution >= 0.6 is 15.9 Å². The van der Waals surface area contributed by atoms with Gasteiger partial charge in [-0.3, -0.25) is 4.79 Å². The molecule has 4 rings (SSSR count). The Bertz CT molecular complexity index is 1250. The maximum absolute atomic E-state index is 12.8. The number of aromatic nitrogens is 1. The number of nitrogens with one attached hydrogen (secondary N) is 1. The standard InChI is InChI=1S/C24H21BrN2O3/c1-4-29-21-11-9-16(13-18(21)25)23(28)26-19-7-5-6-17(15(19)3)24-27-20-12-14(2)8-10-22(20)30-24/h5-13H,4H2,1-3H3,(H,26,28). The van der Waals surface area contributed by atoms with E-state index in [4.69, 9.17) is 9.15 Å². The highest BCUT2D eigenvalue weighted by atomic mass is 79.9.